The zero-order valence-corrected chi connectivity index (χ0v) is 14.4. The van der Waals surface area contributed by atoms with Gasteiger partial charge in [-0.3, -0.25) is 9.59 Å². The smallest absolute Gasteiger partial charge is 0.224 e. The fourth-order valence-electron chi connectivity index (χ4n) is 5.06. The number of amides is 2. The van der Waals surface area contributed by atoms with Crippen molar-refractivity contribution in [2.45, 2.75) is 77.0 Å². The molecule has 1 unspecified atom stereocenters. The van der Waals surface area contributed by atoms with Gasteiger partial charge in [-0.2, -0.15) is 0 Å². The summed E-state index contributed by atoms with van der Waals surface area (Å²) in [5, 5.41) is 6.11. The zero-order chi connectivity index (χ0) is 16.1. The molecule has 0 aromatic carbocycles. The highest BCUT2D eigenvalue weighted by Gasteiger charge is 2.40. The number of nitrogens with one attached hydrogen (secondary N) is 2. The monoisotopic (exact) mass is 320 g/mol. The van der Waals surface area contributed by atoms with E-state index < -0.39 is 0 Å². The molecule has 4 nitrogen and oxygen atoms in total. The van der Waals surface area contributed by atoms with Crippen LogP contribution in [0.15, 0.2) is 0 Å². The fraction of sp³-hybridized carbons (Fsp3) is 0.895. The van der Waals surface area contributed by atoms with Gasteiger partial charge in [0, 0.05) is 19.5 Å². The Morgan fingerprint density at radius 2 is 1.74 bits per heavy atom. The van der Waals surface area contributed by atoms with Gasteiger partial charge in [0.05, 0.1) is 5.92 Å². The number of rotatable bonds is 4. The minimum Gasteiger partial charge on any atom is -0.355 e. The summed E-state index contributed by atoms with van der Waals surface area (Å²) in [5.74, 6) is 1.02. The van der Waals surface area contributed by atoms with E-state index in [0.29, 0.717) is 24.8 Å². The molecule has 1 saturated heterocycles. The topological polar surface area (TPSA) is 58.2 Å². The molecule has 0 radical (unpaired) electrons. The molecule has 4 heteroatoms. The van der Waals surface area contributed by atoms with Crippen LogP contribution < -0.4 is 10.6 Å². The van der Waals surface area contributed by atoms with Gasteiger partial charge < -0.3 is 10.6 Å². The molecule has 0 aromatic rings. The van der Waals surface area contributed by atoms with E-state index in [1.54, 1.807) is 0 Å². The van der Waals surface area contributed by atoms with Crippen LogP contribution in [0.3, 0.4) is 0 Å². The van der Waals surface area contributed by atoms with Crippen molar-refractivity contribution in [2.24, 2.45) is 17.3 Å². The lowest BCUT2D eigenvalue weighted by molar-refractivity contribution is -0.129. The first-order chi connectivity index (χ1) is 11.2. The SMILES string of the molecule is O=C1CCC(C(=O)NCC2(C3CCCCC3)CCCCC2)CN1. The van der Waals surface area contributed by atoms with Gasteiger partial charge in [0.1, 0.15) is 0 Å². The predicted molar refractivity (Wildman–Crippen MR) is 90.8 cm³/mol. The summed E-state index contributed by atoms with van der Waals surface area (Å²) in [6, 6.07) is 0. The lowest BCUT2D eigenvalue weighted by atomic mass is 9.61. The number of carbonyl (C=O) groups excluding carboxylic acids is 2. The standard InChI is InChI=1S/C19H32N2O2/c22-17-10-9-15(13-20-17)18(23)21-14-19(11-5-2-6-12-19)16-7-3-1-4-8-16/h15-16H,1-14H2,(H,20,22)(H,21,23). The minimum atomic E-state index is -0.0281. The van der Waals surface area contributed by atoms with E-state index in [9.17, 15) is 9.59 Å². The number of hydrogen-bond acceptors (Lipinski definition) is 2. The second kappa shape index (κ2) is 7.67. The van der Waals surface area contributed by atoms with Crippen molar-refractivity contribution in [3.05, 3.63) is 0 Å². The molecule has 3 rings (SSSR count). The lowest BCUT2D eigenvalue weighted by Gasteiger charge is -2.46. The largest absolute Gasteiger partial charge is 0.355 e. The van der Waals surface area contributed by atoms with Gasteiger partial charge in [0.15, 0.2) is 0 Å². The predicted octanol–water partition coefficient (Wildman–Crippen LogP) is 3.16. The second-order valence-corrected chi connectivity index (χ2v) is 8.02. The molecule has 2 aliphatic carbocycles. The Morgan fingerprint density at radius 1 is 1.04 bits per heavy atom. The molecule has 0 aromatic heterocycles. The first kappa shape index (κ1) is 16.8. The molecule has 1 atom stereocenters. The van der Waals surface area contributed by atoms with Crippen LogP contribution in [0.25, 0.3) is 0 Å². The number of piperidine rings is 1. The van der Waals surface area contributed by atoms with E-state index in [2.05, 4.69) is 10.6 Å². The number of hydrogen-bond donors (Lipinski definition) is 2. The van der Waals surface area contributed by atoms with Crippen molar-refractivity contribution >= 4 is 11.8 Å². The highest BCUT2D eigenvalue weighted by Crippen LogP contribution is 2.47. The Balaban J connectivity index is 1.57. The summed E-state index contributed by atoms with van der Waals surface area (Å²) in [6.07, 6.45) is 14.6. The van der Waals surface area contributed by atoms with E-state index in [1.807, 2.05) is 0 Å². The minimum absolute atomic E-state index is 0.0281. The summed E-state index contributed by atoms with van der Waals surface area (Å²) < 4.78 is 0. The van der Waals surface area contributed by atoms with Gasteiger partial charge in [-0.1, -0.05) is 38.5 Å². The van der Waals surface area contributed by atoms with E-state index in [0.717, 1.165) is 12.5 Å². The van der Waals surface area contributed by atoms with Crippen molar-refractivity contribution in [3.63, 3.8) is 0 Å². The van der Waals surface area contributed by atoms with E-state index in [-0.39, 0.29) is 17.7 Å². The van der Waals surface area contributed by atoms with Crippen molar-refractivity contribution in [1.82, 2.24) is 10.6 Å². The summed E-state index contributed by atoms with van der Waals surface area (Å²) in [7, 11) is 0. The summed E-state index contributed by atoms with van der Waals surface area (Å²) in [6.45, 7) is 1.38. The van der Waals surface area contributed by atoms with Gasteiger partial charge in [-0.25, -0.2) is 0 Å². The molecule has 0 spiro atoms. The van der Waals surface area contributed by atoms with Crippen LogP contribution in [0.5, 0.6) is 0 Å². The van der Waals surface area contributed by atoms with Gasteiger partial charge in [-0.15, -0.1) is 0 Å². The van der Waals surface area contributed by atoms with Crippen LogP contribution in [0.4, 0.5) is 0 Å². The molecular formula is C19H32N2O2. The Kier molecular flexibility index (Phi) is 5.60. The molecule has 130 valence electrons. The third-order valence-corrected chi connectivity index (χ3v) is 6.57. The van der Waals surface area contributed by atoms with Gasteiger partial charge in [0.25, 0.3) is 0 Å². The van der Waals surface area contributed by atoms with Gasteiger partial charge in [-0.05, 0) is 43.4 Å². The molecule has 2 amide bonds. The fourth-order valence-corrected chi connectivity index (χ4v) is 5.06. The molecule has 1 heterocycles. The van der Waals surface area contributed by atoms with E-state index in [1.165, 1.54) is 64.2 Å². The van der Waals surface area contributed by atoms with Crippen molar-refractivity contribution in [2.75, 3.05) is 13.1 Å². The second-order valence-electron chi connectivity index (χ2n) is 8.02. The molecule has 2 saturated carbocycles. The van der Waals surface area contributed by atoms with Crippen LogP contribution in [-0.2, 0) is 9.59 Å². The van der Waals surface area contributed by atoms with Crippen LogP contribution in [-0.4, -0.2) is 24.9 Å². The Morgan fingerprint density at radius 3 is 2.39 bits per heavy atom. The normalized spacial score (nSPS) is 28.9. The highest BCUT2D eigenvalue weighted by molar-refractivity contribution is 5.83. The first-order valence-corrected chi connectivity index (χ1v) is 9.74. The lowest BCUT2D eigenvalue weighted by Crippen LogP contribution is -2.48. The van der Waals surface area contributed by atoms with Crippen LogP contribution in [0.2, 0.25) is 0 Å². The van der Waals surface area contributed by atoms with Gasteiger partial charge in [0.2, 0.25) is 11.8 Å². The molecule has 0 bridgehead atoms. The summed E-state index contributed by atoms with van der Waals surface area (Å²) in [5.41, 5.74) is 0.353. The van der Waals surface area contributed by atoms with Crippen molar-refractivity contribution < 1.29 is 9.59 Å². The Hall–Kier alpha value is -1.06. The zero-order valence-electron chi connectivity index (χ0n) is 14.4. The maximum Gasteiger partial charge on any atom is 0.224 e. The first-order valence-electron chi connectivity index (χ1n) is 9.74. The molecule has 3 fully saturated rings. The van der Waals surface area contributed by atoms with Crippen LogP contribution in [0, 0.1) is 17.3 Å². The summed E-state index contributed by atoms with van der Waals surface area (Å²) >= 11 is 0. The quantitative estimate of drug-likeness (QED) is 0.836. The summed E-state index contributed by atoms with van der Waals surface area (Å²) in [4.78, 5) is 23.8. The maximum atomic E-state index is 12.5. The maximum absolute atomic E-state index is 12.5. The average molecular weight is 320 g/mol. The van der Waals surface area contributed by atoms with Crippen LogP contribution in [0.1, 0.15) is 77.0 Å². The third kappa shape index (κ3) is 4.07. The Bertz CT molecular complexity index is 413. The Labute approximate surface area is 140 Å². The highest BCUT2D eigenvalue weighted by atomic mass is 16.2. The number of carbonyl (C=O) groups is 2. The third-order valence-electron chi connectivity index (χ3n) is 6.57. The van der Waals surface area contributed by atoms with Gasteiger partial charge >= 0.3 is 0 Å². The van der Waals surface area contributed by atoms with Crippen molar-refractivity contribution in [1.29, 1.82) is 0 Å². The van der Waals surface area contributed by atoms with E-state index >= 15 is 0 Å². The molecular weight excluding hydrogens is 288 g/mol. The molecule has 2 N–H and O–H groups in total. The average Bonchev–Trinajstić information content (AvgIpc) is 2.62. The molecule has 1 aliphatic heterocycles. The van der Waals surface area contributed by atoms with E-state index in [4.69, 9.17) is 0 Å². The molecule has 23 heavy (non-hydrogen) atoms. The van der Waals surface area contributed by atoms with Crippen molar-refractivity contribution in [3.8, 4) is 0 Å². The molecule has 3 aliphatic rings. The van der Waals surface area contributed by atoms with Crippen LogP contribution >= 0.6 is 0 Å².